The molecular formula is C14H17NO2S. The van der Waals surface area contributed by atoms with Crippen LogP contribution in [-0.4, -0.2) is 27.8 Å². The lowest BCUT2D eigenvalue weighted by Crippen LogP contribution is -2.14. The van der Waals surface area contributed by atoms with E-state index in [1.54, 1.807) is 12.1 Å². The van der Waals surface area contributed by atoms with Gasteiger partial charge in [0.05, 0.1) is 10.6 Å². The van der Waals surface area contributed by atoms with E-state index in [9.17, 15) is 8.42 Å². The van der Waals surface area contributed by atoms with Crippen LogP contribution in [0.25, 0.3) is 10.8 Å². The van der Waals surface area contributed by atoms with E-state index >= 15 is 0 Å². The molecule has 1 N–H and O–H groups in total. The molecule has 2 rings (SSSR count). The normalized spacial score (nSPS) is 11.8. The van der Waals surface area contributed by atoms with Gasteiger partial charge in [-0.25, -0.2) is 8.42 Å². The number of hydrogen-bond donors (Lipinski definition) is 1. The Morgan fingerprint density at radius 2 is 1.78 bits per heavy atom. The van der Waals surface area contributed by atoms with E-state index < -0.39 is 9.84 Å². The number of fused-ring (bicyclic) bond motifs is 1. The van der Waals surface area contributed by atoms with Crippen LogP contribution in [0, 0.1) is 0 Å². The van der Waals surface area contributed by atoms with Crippen molar-refractivity contribution in [3.63, 3.8) is 0 Å². The highest BCUT2D eigenvalue weighted by Crippen LogP contribution is 2.23. The second-order valence-corrected chi connectivity index (χ2v) is 6.33. The van der Waals surface area contributed by atoms with Crippen molar-refractivity contribution < 1.29 is 8.42 Å². The summed E-state index contributed by atoms with van der Waals surface area (Å²) in [6.07, 6.45) is 0.627. The van der Waals surface area contributed by atoms with Crippen LogP contribution in [0.1, 0.15) is 6.42 Å². The van der Waals surface area contributed by atoms with Gasteiger partial charge in [-0.3, -0.25) is 0 Å². The standard InChI is InChI=1S/C14H17NO2S/c1-15-10-5-11-18(16,17)14-9-4-7-12-6-2-3-8-13(12)14/h2-4,6-9,15H,5,10-11H2,1H3. The Morgan fingerprint density at radius 3 is 2.56 bits per heavy atom. The fourth-order valence-electron chi connectivity index (χ4n) is 2.02. The molecule has 0 heterocycles. The first kappa shape index (κ1) is 13.1. The minimum Gasteiger partial charge on any atom is -0.320 e. The molecule has 0 unspecified atom stereocenters. The molecule has 0 aliphatic rings. The summed E-state index contributed by atoms with van der Waals surface area (Å²) in [5.41, 5.74) is 0. The van der Waals surface area contributed by atoms with E-state index in [2.05, 4.69) is 5.32 Å². The number of rotatable bonds is 5. The van der Waals surface area contributed by atoms with Gasteiger partial charge < -0.3 is 5.32 Å². The van der Waals surface area contributed by atoms with Gasteiger partial charge >= 0.3 is 0 Å². The van der Waals surface area contributed by atoms with Gasteiger partial charge in [-0.2, -0.15) is 0 Å². The highest BCUT2D eigenvalue weighted by atomic mass is 32.2. The Hall–Kier alpha value is -1.39. The Bertz CT molecular complexity index is 630. The van der Waals surface area contributed by atoms with Gasteiger partial charge in [0.15, 0.2) is 9.84 Å². The number of benzene rings is 2. The third kappa shape index (κ3) is 2.71. The molecule has 0 fully saturated rings. The molecule has 0 atom stereocenters. The van der Waals surface area contributed by atoms with Crippen molar-refractivity contribution in [2.45, 2.75) is 11.3 Å². The van der Waals surface area contributed by atoms with Crippen molar-refractivity contribution in [2.24, 2.45) is 0 Å². The first-order valence-electron chi connectivity index (χ1n) is 6.00. The van der Waals surface area contributed by atoms with Crippen molar-refractivity contribution in [3.05, 3.63) is 42.5 Å². The molecule has 0 amide bonds. The summed E-state index contributed by atoms with van der Waals surface area (Å²) in [6.45, 7) is 0.712. The highest BCUT2D eigenvalue weighted by molar-refractivity contribution is 7.91. The van der Waals surface area contributed by atoms with Gasteiger partial charge in [-0.05, 0) is 31.5 Å². The summed E-state index contributed by atoms with van der Waals surface area (Å²) in [4.78, 5) is 0.441. The zero-order valence-corrected chi connectivity index (χ0v) is 11.2. The maximum absolute atomic E-state index is 12.3. The molecule has 0 saturated carbocycles. The van der Waals surface area contributed by atoms with Crippen molar-refractivity contribution in [2.75, 3.05) is 19.3 Å². The van der Waals surface area contributed by atoms with E-state index in [0.717, 1.165) is 10.8 Å². The van der Waals surface area contributed by atoms with E-state index in [-0.39, 0.29) is 5.75 Å². The van der Waals surface area contributed by atoms with Crippen molar-refractivity contribution >= 4 is 20.6 Å². The Morgan fingerprint density at radius 1 is 1.06 bits per heavy atom. The fourth-order valence-corrected chi connectivity index (χ4v) is 3.57. The second-order valence-electron chi connectivity index (χ2n) is 4.25. The predicted molar refractivity (Wildman–Crippen MR) is 74.5 cm³/mol. The number of sulfone groups is 1. The lowest BCUT2D eigenvalue weighted by Gasteiger charge is -2.08. The molecule has 2 aromatic carbocycles. The Balaban J connectivity index is 2.41. The lowest BCUT2D eigenvalue weighted by molar-refractivity contribution is 0.592. The largest absolute Gasteiger partial charge is 0.320 e. The summed E-state index contributed by atoms with van der Waals surface area (Å²) in [6, 6.07) is 13.0. The maximum Gasteiger partial charge on any atom is 0.179 e. The minimum atomic E-state index is -3.20. The predicted octanol–water partition coefficient (Wildman–Crippen LogP) is 2.22. The second kappa shape index (κ2) is 5.50. The van der Waals surface area contributed by atoms with Crippen LogP contribution in [0.15, 0.2) is 47.4 Å². The van der Waals surface area contributed by atoms with Crippen molar-refractivity contribution in [3.8, 4) is 0 Å². The topological polar surface area (TPSA) is 46.2 Å². The van der Waals surface area contributed by atoms with Crippen LogP contribution < -0.4 is 5.32 Å². The van der Waals surface area contributed by atoms with Crippen LogP contribution >= 0.6 is 0 Å². The van der Waals surface area contributed by atoms with E-state index in [1.165, 1.54) is 0 Å². The average molecular weight is 263 g/mol. The van der Waals surface area contributed by atoms with Crippen molar-refractivity contribution in [1.29, 1.82) is 0 Å². The minimum absolute atomic E-state index is 0.182. The third-order valence-electron chi connectivity index (χ3n) is 2.92. The van der Waals surface area contributed by atoms with E-state index in [4.69, 9.17) is 0 Å². The number of nitrogens with one attached hydrogen (secondary N) is 1. The van der Waals surface area contributed by atoms with Crippen LogP contribution in [-0.2, 0) is 9.84 Å². The zero-order chi connectivity index (χ0) is 13.0. The Kier molecular flexibility index (Phi) is 3.99. The molecule has 0 bridgehead atoms. The molecule has 0 aromatic heterocycles. The quantitative estimate of drug-likeness (QED) is 0.841. The molecule has 2 aromatic rings. The first-order valence-corrected chi connectivity index (χ1v) is 7.65. The van der Waals surface area contributed by atoms with Crippen molar-refractivity contribution in [1.82, 2.24) is 5.32 Å². The summed E-state index contributed by atoms with van der Waals surface area (Å²) in [7, 11) is -1.38. The smallest absolute Gasteiger partial charge is 0.179 e. The first-order chi connectivity index (χ1) is 8.65. The lowest BCUT2D eigenvalue weighted by atomic mass is 10.1. The summed E-state index contributed by atoms with van der Waals surface area (Å²) < 4.78 is 24.6. The highest BCUT2D eigenvalue weighted by Gasteiger charge is 2.16. The zero-order valence-electron chi connectivity index (χ0n) is 10.4. The number of hydrogen-bond acceptors (Lipinski definition) is 3. The van der Waals surface area contributed by atoms with Crippen LogP contribution in [0.4, 0.5) is 0 Å². The van der Waals surface area contributed by atoms with Gasteiger partial charge in [0.1, 0.15) is 0 Å². The van der Waals surface area contributed by atoms with E-state index in [1.807, 2.05) is 37.4 Å². The van der Waals surface area contributed by atoms with E-state index in [0.29, 0.717) is 17.9 Å². The summed E-state index contributed by atoms with van der Waals surface area (Å²) >= 11 is 0. The van der Waals surface area contributed by atoms with Gasteiger partial charge in [-0.1, -0.05) is 36.4 Å². The van der Waals surface area contributed by atoms with Gasteiger partial charge in [0, 0.05) is 5.39 Å². The fraction of sp³-hybridized carbons (Fsp3) is 0.286. The molecular weight excluding hydrogens is 246 g/mol. The summed E-state index contributed by atoms with van der Waals surface area (Å²) in [5, 5.41) is 4.74. The molecule has 0 aliphatic heterocycles. The summed E-state index contributed by atoms with van der Waals surface area (Å²) in [5.74, 6) is 0.182. The van der Waals surface area contributed by atoms with Gasteiger partial charge in [-0.15, -0.1) is 0 Å². The molecule has 0 spiro atoms. The monoisotopic (exact) mass is 263 g/mol. The molecule has 0 aliphatic carbocycles. The third-order valence-corrected chi connectivity index (χ3v) is 4.78. The van der Waals surface area contributed by atoms with Crippen LogP contribution in [0.2, 0.25) is 0 Å². The molecule has 4 heteroatoms. The Labute approximate surface area is 108 Å². The molecule has 18 heavy (non-hydrogen) atoms. The SMILES string of the molecule is CNCCCS(=O)(=O)c1cccc2ccccc12. The maximum atomic E-state index is 12.3. The van der Waals surface area contributed by atoms with Crippen LogP contribution in [0.5, 0.6) is 0 Å². The van der Waals surface area contributed by atoms with Gasteiger partial charge in [0.2, 0.25) is 0 Å². The molecule has 0 saturated heterocycles. The molecule has 3 nitrogen and oxygen atoms in total. The van der Waals surface area contributed by atoms with Crippen LogP contribution in [0.3, 0.4) is 0 Å². The molecule has 96 valence electrons. The average Bonchev–Trinajstić information content (AvgIpc) is 2.38. The van der Waals surface area contributed by atoms with Gasteiger partial charge in [0.25, 0.3) is 0 Å². The molecule has 0 radical (unpaired) electrons.